The molecule has 0 saturated carbocycles. The first-order chi connectivity index (χ1) is 10.1. The van der Waals surface area contributed by atoms with Gasteiger partial charge in [0.05, 0.1) is 11.5 Å². The van der Waals surface area contributed by atoms with E-state index in [-0.39, 0.29) is 35.7 Å². The van der Waals surface area contributed by atoms with Gasteiger partial charge in [0.1, 0.15) is 5.54 Å². The molecule has 23 heavy (non-hydrogen) atoms. The summed E-state index contributed by atoms with van der Waals surface area (Å²) in [6, 6.07) is 7.32. The number of carbonyl (C=O) groups is 1. The third-order valence-electron chi connectivity index (χ3n) is 4.09. The van der Waals surface area contributed by atoms with Crippen LogP contribution in [0, 0.1) is 5.92 Å². The molecule has 1 fully saturated rings. The maximum absolute atomic E-state index is 12.6. The van der Waals surface area contributed by atoms with Crippen molar-refractivity contribution in [3.63, 3.8) is 0 Å². The van der Waals surface area contributed by atoms with Gasteiger partial charge in [0, 0.05) is 18.1 Å². The maximum atomic E-state index is 12.6. The summed E-state index contributed by atoms with van der Waals surface area (Å²) >= 11 is 3.35. The number of nitrogens with zero attached hydrogens (tertiary/aromatic N) is 1. The fraction of sp³-hybridized carbons (Fsp3) is 0.533. The number of rotatable bonds is 4. The fourth-order valence-corrected chi connectivity index (χ4v) is 4.92. The van der Waals surface area contributed by atoms with Crippen LogP contribution in [0.15, 0.2) is 28.7 Å². The summed E-state index contributed by atoms with van der Waals surface area (Å²) in [7, 11) is -1.26. The zero-order valence-electron chi connectivity index (χ0n) is 13.2. The first kappa shape index (κ1) is 20.4. The van der Waals surface area contributed by atoms with Crippen LogP contribution in [0.25, 0.3) is 0 Å². The number of sulfone groups is 1. The molecule has 0 bridgehead atoms. The van der Waals surface area contributed by atoms with Gasteiger partial charge >= 0.3 is 0 Å². The van der Waals surface area contributed by atoms with E-state index in [4.69, 9.17) is 5.73 Å². The van der Waals surface area contributed by atoms with Crippen LogP contribution >= 0.6 is 28.3 Å². The summed E-state index contributed by atoms with van der Waals surface area (Å²) in [5.74, 6) is 0.162. The Morgan fingerprint density at radius 1 is 1.39 bits per heavy atom. The molecule has 1 aliphatic rings. The molecule has 8 heteroatoms. The van der Waals surface area contributed by atoms with Crippen molar-refractivity contribution in [3.8, 4) is 0 Å². The number of hydrogen-bond donors (Lipinski definition) is 1. The highest BCUT2D eigenvalue weighted by Crippen LogP contribution is 2.24. The van der Waals surface area contributed by atoms with Crippen molar-refractivity contribution < 1.29 is 13.2 Å². The number of carbonyl (C=O) groups excluding carboxylic acids is 1. The SMILES string of the molecule is CN(CC1CCS(=O)(=O)C1)C(=O)C(C)(N)c1ccc(Br)cc1.Cl. The van der Waals surface area contributed by atoms with Crippen LogP contribution in [-0.4, -0.2) is 44.3 Å². The van der Waals surface area contributed by atoms with Crippen molar-refractivity contribution >= 4 is 44.1 Å². The Morgan fingerprint density at radius 3 is 2.43 bits per heavy atom. The van der Waals surface area contributed by atoms with Crippen molar-refractivity contribution in [1.29, 1.82) is 0 Å². The maximum Gasteiger partial charge on any atom is 0.246 e. The van der Waals surface area contributed by atoms with Crippen LogP contribution in [0.2, 0.25) is 0 Å². The van der Waals surface area contributed by atoms with E-state index in [2.05, 4.69) is 15.9 Å². The monoisotopic (exact) mass is 424 g/mol. The number of halogens is 2. The Kier molecular flexibility index (Phi) is 6.66. The molecule has 0 aromatic heterocycles. The number of nitrogens with two attached hydrogens (primary N) is 1. The lowest BCUT2D eigenvalue weighted by molar-refractivity contribution is -0.135. The van der Waals surface area contributed by atoms with Crippen molar-refractivity contribution in [2.75, 3.05) is 25.1 Å². The van der Waals surface area contributed by atoms with E-state index in [0.29, 0.717) is 13.0 Å². The minimum Gasteiger partial charge on any atom is -0.344 e. The van der Waals surface area contributed by atoms with E-state index in [9.17, 15) is 13.2 Å². The Bertz CT molecular complexity index is 662. The zero-order chi connectivity index (χ0) is 16.5. The quantitative estimate of drug-likeness (QED) is 0.799. The van der Waals surface area contributed by atoms with E-state index >= 15 is 0 Å². The second kappa shape index (κ2) is 7.51. The molecule has 0 aliphatic carbocycles. The van der Waals surface area contributed by atoms with Gasteiger partial charge in [-0.25, -0.2) is 8.42 Å². The van der Waals surface area contributed by atoms with Gasteiger partial charge in [0.25, 0.3) is 0 Å². The second-order valence-electron chi connectivity index (χ2n) is 6.16. The van der Waals surface area contributed by atoms with E-state index in [0.717, 1.165) is 10.0 Å². The Labute approximate surface area is 152 Å². The number of likely N-dealkylation sites (N-methyl/N-ethyl adjacent to an activating group) is 1. The zero-order valence-corrected chi connectivity index (χ0v) is 16.4. The van der Waals surface area contributed by atoms with Gasteiger partial charge in [0.15, 0.2) is 9.84 Å². The van der Waals surface area contributed by atoms with Crippen molar-refractivity contribution in [2.24, 2.45) is 11.7 Å². The molecule has 2 atom stereocenters. The molecule has 2 N–H and O–H groups in total. The van der Waals surface area contributed by atoms with Gasteiger partial charge in [0.2, 0.25) is 5.91 Å². The van der Waals surface area contributed by atoms with Gasteiger partial charge < -0.3 is 10.6 Å². The largest absolute Gasteiger partial charge is 0.344 e. The molecule has 2 unspecified atom stereocenters. The molecule has 1 aliphatic heterocycles. The first-order valence-electron chi connectivity index (χ1n) is 7.13. The topological polar surface area (TPSA) is 80.5 Å². The molecule has 1 aromatic rings. The van der Waals surface area contributed by atoms with Gasteiger partial charge in [-0.3, -0.25) is 4.79 Å². The summed E-state index contributed by atoms with van der Waals surface area (Å²) in [4.78, 5) is 14.2. The highest BCUT2D eigenvalue weighted by atomic mass is 79.9. The highest BCUT2D eigenvalue weighted by Gasteiger charge is 2.35. The summed E-state index contributed by atoms with van der Waals surface area (Å²) in [5, 5.41) is 0. The lowest BCUT2D eigenvalue weighted by Crippen LogP contribution is -2.50. The fourth-order valence-electron chi connectivity index (χ4n) is 2.80. The number of amides is 1. The average Bonchev–Trinajstić information content (AvgIpc) is 2.77. The van der Waals surface area contributed by atoms with E-state index in [1.807, 2.05) is 24.3 Å². The summed E-state index contributed by atoms with van der Waals surface area (Å²) in [5.41, 5.74) is 5.83. The number of benzene rings is 1. The van der Waals surface area contributed by atoms with Crippen molar-refractivity contribution in [3.05, 3.63) is 34.3 Å². The molecular weight excluding hydrogens is 404 g/mol. The molecule has 2 rings (SSSR count). The minimum atomic E-state index is -2.93. The van der Waals surface area contributed by atoms with Gasteiger partial charge in [-0.05, 0) is 37.0 Å². The van der Waals surface area contributed by atoms with Crippen LogP contribution in [0.4, 0.5) is 0 Å². The van der Waals surface area contributed by atoms with Crippen LogP contribution < -0.4 is 5.73 Å². The molecule has 1 amide bonds. The van der Waals surface area contributed by atoms with Crippen LogP contribution in [-0.2, 0) is 20.2 Å². The average molecular weight is 426 g/mol. The Morgan fingerprint density at radius 2 is 1.96 bits per heavy atom. The molecule has 1 saturated heterocycles. The van der Waals surface area contributed by atoms with Crippen LogP contribution in [0.5, 0.6) is 0 Å². The van der Waals surface area contributed by atoms with E-state index < -0.39 is 15.4 Å². The molecule has 0 radical (unpaired) electrons. The second-order valence-corrected chi connectivity index (χ2v) is 9.31. The summed E-state index contributed by atoms with van der Waals surface area (Å²) in [6.07, 6.45) is 0.611. The van der Waals surface area contributed by atoms with E-state index in [1.165, 1.54) is 0 Å². The summed E-state index contributed by atoms with van der Waals surface area (Å²) in [6.45, 7) is 2.10. The van der Waals surface area contributed by atoms with Gasteiger partial charge in [-0.1, -0.05) is 28.1 Å². The molecule has 1 aromatic carbocycles. The third-order valence-corrected chi connectivity index (χ3v) is 6.46. The predicted molar refractivity (Wildman–Crippen MR) is 97.3 cm³/mol. The standard InChI is InChI=1S/C15H21BrN2O3S.ClH/c1-15(17,12-3-5-13(16)6-4-12)14(19)18(2)9-11-7-8-22(20,21)10-11;/h3-6,11H,7-10,17H2,1-2H3;1H. The van der Waals surface area contributed by atoms with E-state index in [1.54, 1.807) is 18.9 Å². The molecule has 1 heterocycles. The molecule has 130 valence electrons. The van der Waals surface area contributed by atoms with Crippen LogP contribution in [0.1, 0.15) is 18.9 Å². The van der Waals surface area contributed by atoms with Gasteiger partial charge in [-0.15, -0.1) is 12.4 Å². The first-order valence-corrected chi connectivity index (χ1v) is 9.74. The van der Waals surface area contributed by atoms with Crippen LogP contribution in [0.3, 0.4) is 0 Å². The molecule has 5 nitrogen and oxygen atoms in total. The van der Waals surface area contributed by atoms with Crippen molar-refractivity contribution in [1.82, 2.24) is 4.90 Å². The van der Waals surface area contributed by atoms with Crippen molar-refractivity contribution in [2.45, 2.75) is 18.9 Å². The highest BCUT2D eigenvalue weighted by molar-refractivity contribution is 9.10. The minimum absolute atomic E-state index is 0. The predicted octanol–water partition coefficient (Wildman–Crippen LogP) is 1.94. The Hall–Kier alpha value is -0.630. The lowest BCUT2D eigenvalue weighted by Gasteiger charge is -2.31. The van der Waals surface area contributed by atoms with Gasteiger partial charge in [-0.2, -0.15) is 0 Å². The Balaban J connectivity index is 0.00000264. The number of hydrogen-bond acceptors (Lipinski definition) is 4. The summed E-state index contributed by atoms with van der Waals surface area (Å²) < 4.78 is 23.9. The normalized spacial score (nSPS) is 22.0. The lowest BCUT2D eigenvalue weighted by atomic mass is 9.91. The molecule has 0 spiro atoms. The third kappa shape index (κ3) is 4.92. The molecular formula is C15H22BrClN2O3S. The smallest absolute Gasteiger partial charge is 0.246 e.